The number of nitrogens with two attached hydrogens (primary N) is 1. The van der Waals surface area contributed by atoms with Crippen LogP contribution in [0.3, 0.4) is 0 Å². The van der Waals surface area contributed by atoms with E-state index in [0.717, 1.165) is 5.82 Å². The van der Waals surface area contributed by atoms with Gasteiger partial charge in [-0.15, -0.1) is 0 Å². The van der Waals surface area contributed by atoms with Gasteiger partial charge in [0, 0.05) is 25.0 Å². The minimum absolute atomic E-state index is 0.0599. The number of aryl methyl sites for hydroxylation is 1. The highest BCUT2D eigenvalue weighted by molar-refractivity contribution is 5.10. The minimum Gasteiger partial charge on any atom is -0.337 e. The Kier molecular flexibility index (Phi) is 4.60. The third kappa shape index (κ3) is 2.68. The van der Waals surface area contributed by atoms with Gasteiger partial charge in [0.25, 0.3) is 0 Å². The number of hydrogen-bond acceptors (Lipinski definition) is 4. The van der Waals surface area contributed by atoms with E-state index in [2.05, 4.69) is 34.0 Å². The Morgan fingerprint density at radius 1 is 1.32 bits per heavy atom. The molecule has 1 atom stereocenters. The van der Waals surface area contributed by atoms with E-state index in [9.17, 15) is 0 Å². The predicted molar refractivity (Wildman–Crippen MR) is 77.4 cm³/mol. The second-order valence-corrected chi connectivity index (χ2v) is 5.91. The van der Waals surface area contributed by atoms with E-state index >= 15 is 0 Å². The lowest BCUT2D eigenvalue weighted by atomic mass is 9.81. The molecule has 0 spiro atoms. The van der Waals surface area contributed by atoms with Crippen LogP contribution in [0.4, 0.5) is 0 Å². The first-order valence-electron chi connectivity index (χ1n) is 7.22. The van der Waals surface area contributed by atoms with Gasteiger partial charge in [0.15, 0.2) is 0 Å². The zero-order valence-electron chi connectivity index (χ0n) is 12.4. The number of aromatic nitrogens is 2. The van der Waals surface area contributed by atoms with E-state index < -0.39 is 0 Å². The quantitative estimate of drug-likeness (QED) is 0.493. The van der Waals surface area contributed by atoms with Crippen LogP contribution in [-0.4, -0.2) is 34.1 Å². The molecule has 5 heteroatoms. The number of hydrogen-bond donors (Lipinski definition) is 2. The van der Waals surface area contributed by atoms with Gasteiger partial charge in [-0.1, -0.05) is 25.7 Å². The van der Waals surface area contributed by atoms with Crippen molar-refractivity contribution in [2.75, 3.05) is 14.1 Å². The van der Waals surface area contributed by atoms with Crippen molar-refractivity contribution in [2.24, 2.45) is 12.9 Å². The highest BCUT2D eigenvalue weighted by Gasteiger charge is 2.43. The summed E-state index contributed by atoms with van der Waals surface area (Å²) in [5.41, 5.74) is 3.10. The first-order valence-corrected chi connectivity index (χ1v) is 7.22. The SMILES string of the molecule is CN(C)C1(C(NN)c2nccn2C)CCCCCC1. The summed E-state index contributed by atoms with van der Waals surface area (Å²) in [6.07, 6.45) is 11.4. The number of nitrogens with zero attached hydrogens (tertiary/aromatic N) is 3. The molecule has 0 radical (unpaired) electrons. The van der Waals surface area contributed by atoms with Crippen LogP contribution in [-0.2, 0) is 7.05 Å². The molecule has 1 aliphatic carbocycles. The summed E-state index contributed by atoms with van der Waals surface area (Å²) in [5, 5.41) is 0. The zero-order chi connectivity index (χ0) is 13.9. The topological polar surface area (TPSA) is 59.1 Å². The second-order valence-electron chi connectivity index (χ2n) is 5.91. The van der Waals surface area contributed by atoms with Crippen LogP contribution in [0.15, 0.2) is 12.4 Å². The fraction of sp³-hybridized carbons (Fsp3) is 0.786. The summed E-state index contributed by atoms with van der Waals surface area (Å²) in [5.74, 6) is 6.93. The largest absolute Gasteiger partial charge is 0.337 e. The third-order valence-corrected chi connectivity index (χ3v) is 4.68. The summed E-state index contributed by atoms with van der Waals surface area (Å²) in [6, 6.07) is 0.0700. The second kappa shape index (κ2) is 6.03. The van der Waals surface area contributed by atoms with Gasteiger partial charge >= 0.3 is 0 Å². The van der Waals surface area contributed by atoms with E-state index in [4.69, 9.17) is 5.84 Å². The molecular formula is C14H27N5. The van der Waals surface area contributed by atoms with Gasteiger partial charge in [0.2, 0.25) is 0 Å². The van der Waals surface area contributed by atoms with Crippen molar-refractivity contribution in [1.82, 2.24) is 19.9 Å². The van der Waals surface area contributed by atoms with Gasteiger partial charge in [-0.05, 0) is 26.9 Å². The highest BCUT2D eigenvalue weighted by atomic mass is 15.3. The fourth-order valence-corrected chi connectivity index (χ4v) is 3.46. The molecule has 1 heterocycles. The smallest absolute Gasteiger partial charge is 0.128 e. The third-order valence-electron chi connectivity index (χ3n) is 4.68. The minimum atomic E-state index is 0.0599. The number of imidazole rings is 1. The number of likely N-dealkylation sites (N-methyl/N-ethyl adjacent to an activating group) is 1. The average Bonchev–Trinajstić information content (AvgIpc) is 2.67. The Balaban J connectivity index is 2.37. The highest BCUT2D eigenvalue weighted by Crippen LogP contribution is 2.40. The molecule has 2 rings (SSSR count). The normalized spacial score (nSPS) is 21.3. The van der Waals surface area contributed by atoms with E-state index in [1.54, 1.807) is 0 Å². The molecule has 1 unspecified atom stereocenters. The molecule has 5 nitrogen and oxygen atoms in total. The predicted octanol–water partition coefficient (Wildman–Crippen LogP) is 1.58. The molecule has 0 bridgehead atoms. The molecule has 0 amide bonds. The van der Waals surface area contributed by atoms with Crippen molar-refractivity contribution in [3.8, 4) is 0 Å². The molecule has 0 aromatic carbocycles. The summed E-state index contributed by atoms with van der Waals surface area (Å²) in [6.45, 7) is 0. The molecule has 1 saturated carbocycles. The molecule has 1 aromatic rings. The van der Waals surface area contributed by atoms with Crippen LogP contribution in [0.1, 0.15) is 50.4 Å². The fourth-order valence-electron chi connectivity index (χ4n) is 3.46. The standard InChI is InChI=1S/C14H27N5/c1-18(2)14(8-6-4-5-7-9-14)12(17-15)13-16-10-11-19(13)3/h10-12,17H,4-9,15H2,1-3H3. The molecule has 19 heavy (non-hydrogen) atoms. The first-order chi connectivity index (χ1) is 9.12. The van der Waals surface area contributed by atoms with Crippen molar-refractivity contribution in [3.05, 3.63) is 18.2 Å². The zero-order valence-corrected chi connectivity index (χ0v) is 12.4. The van der Waals surface area contributed by atoms with Crippen molar-refractivity contribution in [2.45, 2.75) is 50.1 Å². The molecule has 0 saturated heterocycles. The van der Waals surface area contributed by atoms with E-state index in [1.807, 2.05) is 19.4 Å². The maximum absolute atomic E-state index is 5.91. The van der Waals surface area contributed by atoms with Crippen LogP contribution < -0.4 is 11.3 Å². The molecule has 1 fully saturated rings. The maximum atomic E-state index is 5.91. The Hall–Kier alpha value is -0.910. The maximum Gasteiger partial charge on any atom is 0.128 e. The summed E-state index contributed by atoms with van der Waals surface area (Å²) >= 11 is 0. The lowest BCUT2D eigenvalue weighted by Crippen LogP contribution is -2.55. The van der Waals surface area contributed by atoms with E-state index in [1.165, 1.54) is 38.5 Å². The van der Waals surface area contributed by atoms with E-state index in [-0.39, 0.29) is 11.6 Å². The number of nitrogens with one attached hydrogen (secondary N) is 1. The van der Waals surface area contributed by atoms with Crippen molar-refractivity contribution < 1.29 is 0 Å². The van der Waals surface area contributed by atoms with Crippen molar-refractivity contribution in [1.29, 1.82) is 0 Å². The summed E-state index contributed by atoms with van der Waals surface area (Å²) in [7, 11) is 6.37. The van der Waals surface area contributed by atoms with Crippen molar-refractivity contribution >= 4 is 0 Å². The Labute approximate surface area is 116 Å². The Bertz CT molecular complexity index is 390. The molecule has 3 N–H and O–H groups in total. The summed E-state index contributed by atoms with van der Waals surface area (Å²) in [4.78, 5) is 6.86. The average molecular weight is 265 g/mol. The van der Waals surface area contributed by atoms with Crippen LogP contribution in [0.5, 0.6) is 0 Å². The van der Waals surface area contributed by atoms with Crippen molar-refractivity contribution in [3.63, 3.8) is 0 Å². The monoisotopic (exact) mass is 265 g/mol. The first kappa shape index (κ1) is 14.5. The van der Waals surface area contributed by atoms with Gasteiger partial charge in [-0.25, -0.2) is 10.4 Å². The lowest BCUT2D eigenvalue weighted by molar-refractivity contribution is 0.0750. The molecule has 0 aliphatic heterocycles. The Morgan fingerprint density at radius 3 is 2.37 bits per heavy atom. The van der Waals surface area contributed by atoms with Crippen LogP contribution >= 0.6 is 0 Å². The summed E-state index contributed by atoms with van der Waals surface area (Å²) < 4.78 is 2.07. The van der Waals surface area contributed by atoms with Gasteiger partial charge in [-0.2, -0.15) is 0 Å². The van der Waals surface area contributed by atoms with E-state index in [0.29, 0.717) is 0 Å². The molecular weight excluding hydrogens is 238 g/mol. The molecule has 1 aromatic heterocycles. The number of hydrazine groups is 1. The Morgan fingerprint density at radius 2 is 1.95 bits per heavy atom. The van der Waals surface area contributed by atoms with Gasteiger partial charge < -0.3 is 9.47 Å². The van der Waals surface area contributed by atoms with Crippen LogP contribution in [0.25, 0.3) is 0 Å². The van der Waals surface area contributed by atoms with Crippen LogP contribution in [0.2, 0.25) is 0 Å². The number of rotatable bonds is 4. The molecule has 1 aliphatic rings. The van der Waals surface area contributed by atoms with Gasteiger partial charge in [-0.3, -0.25) is 5.84 Å². The van der Waals surface area contributed by atoms with Gasteiger partial charge in [0.1, 0.15) is 5.82 Å². The lowest BCUT2D eigenvalue weighted by Gasteiger charge is -2.45. The molecule has 108 valence electrons. The van der Waals surface area contributed by atoms with Gasteiger partial charge in [0.05, 0.1) is 6.04 Å². The van der Waals surface area contributed by atoms with Crippen LogP contribution in [0, 0.1) is 0 Å².